The lowest BCUT2D eigenvalue weighted by molar-refractivity contribution is -0.132. The zero-order valence-electron chi connectivity index (χ0n) is 17.3. The number of carbonyl (C=O) groups is 2. The van der Waals surface area contributed by atoms with Gasteiger partial charge in [0.05, 0.1) is 28.9 Å². The van der Waals surface area contributed by atoms with E-state index >= 15 is 0 Å². The van der Waals surface area contributed by atoms with E-state index < -0.39 is 17.7 Å². The molecule has 9 heteroatoms. The molecule has 0 spiro atoms. The lowest BCUT2D eigenvalue weighted by atomic mass is 9.95. The Labute approximate surface area is 192 Å². The third-order valence-electron chi connectivity index (χ3n) is 5.40. The van der Waals surface area contributed by atoms with Crippen LogP contribution >= 0.6 is 11.3 Å². The summed E-state index contributed by atoms with van der Waals surface area (Å²) in [5, 5.41) is 21.1. The van der Waals surface area contributed by atoms with Crippen LogP contribution in [0.2, 0.25) is 0 Å². The van der Waals surface area contributed by atoms with E-state index in [-0.39, 0.29) is 17.1 Å². The number of phenolic OH excluding ortho intramolecular Hbond substituents is 1. The van der Waals surface area contributed by atoms with Gasteiger partial charge in [-0.25, -0.2) is 4.98 Å². The van der Waals surface area contributed by atoms with E-state index in [1.165, 1.54) is 40.8 Å². The second-order valence-electron chi connectivity index (χ2n) is 7.33. The number of phenols is 1. The number of ether oxygens (including phenoxy) is 1. The first-order valence-electron chi connectivity index (χ1n) is 9.93. The van der Waals surface area contributed by atoms with Gasteiger partial charge in [0.2, 0.25) is 0 Å². The van der Waals surface area contributed by atoms with Crippen molar-refractivity contribution >= 4 is 44.1 Å². The Morgan fingerprint density at radius 2 is 1.79 bits per heavy atom. The summed E-state index contributed by atoms with van der Waals surface area (Å²) in [5.41, 5.74) is 1.49. The number of hydrogen-bond acceptors (Lipinski definition) is 8. The molecule has 0 radical (unpaired) electrons. The largest absolute Gasteiger partial charge is 0.508 e. The van der Waals surface area contributed by atoms with E-state index in [1.54, 1.807) is 49.6 Å². The topological polar surface area (TPSA) is 113 Å². The third kappa shape index (κ3) is 3.48. The summed E-state index contributed by atoms with van der Waals surface area (Å²) in [6, 6.07) is 13.7. The van der Waals surface area contributed by atoms with Gasteiger partial charge in [-0.2, -0.15) is 0 Å². The molecule has 2 aromatic carbocycles. The van der Waals surface area contributed by atoms with Gasteiger partial charge in [-0.15, -0.1) is 0 Å². The molecule has 1 aliphatic heterocycles. The van der Waals surface area contributed by atoms with E-state index in [2.05, 4.69) is 9.97 Å². The maximum atomic E-state index is 13.2. The summed E-state index contributed by atoms with van der Waals surface area (Å²) in [6.45, 7) is 0. The smallest absolute Gasteiger partial charge is 0.301 e. The van der Waals surface area contributed by atoms with Crippen LogP contribution in [0, 0.1) is 0 Å². The number of aromatic hydroxyl groups is 1. The highest BCUT2D eigenvalue weighted by atomic mass is 32.1. The molecular formula is C24H17N3O5S. The predicted molar refractivity (Wildman–Crippen MR) is 123 cm³/mol. The summed E-state index contributed by atoms with van der Waals surface area (Å²) >= 11 is 1.24. The summed E-state index contributed by atoms with van der Waals surface area (Å²) in [4.78, 5) is 36.2. The van der Waals surface area contributed by atoms with E-state index in [0.29, 0.717) is 27.5 Å². The fourth-order valence-electron chi connectivity index (χ4n) is 3.79. The maximum Gasteiger partial charge on any atom is 0.301 e. The van der Waals surface area contributed by atoms with Crippen LogP contribution in [0.4, 0.5) is 5.13 Å². The lowest BCUT2D eigenvalue weighted by Gasteiger charge is -2.23. The Bertz CT molecular complexity index is 1410. The average Bonchev–Trinajstić information content (AvgIpc) is 3.37. The first-order valence-corrected chi connectivity index (χ1v) is 10.7. The van der Waals surface area contributed by atoms with Crippen LogP contribution in [0.25, 0.3) is 16.0 Å². The number of thiazole rings is 1. The SMILES string of the molecule is COc1ccc2nc(N3C(=O)C(=O)/C(=C(/O)c4ccncc4)C3c3ccc(O)cc3)sc2c1. The van der Waals surface area contributed by atoms with Crippen LogP contribution in [-0.2, 0) is 9.59 Å². The van der Waals surface area contributed by atoms with Crippen molar-refractivity contribution < 1.29 is 24.5 Å². The summed E-state index contributed by atoms with van der Waals surface area (Å²) in [6.07, 6.45) is 2.98. The molecule has 164 valence electrons. The molecule has 1 atom stereocenters. The lowest BCUT2D eigenvalue weighted by Crippen LogP contribution is -2.29. The molecule has 3 heterocycles. The quantitative estimate of drug-likeness (QED) is 0.269. The van der Waals surface area contributed by atoms with Crippen LogP contribution in [-0.4, -0.2) is 39.0 Å². The molecule has 1 amide bonds. The molecule has 0 saturated carbocycles. The minimum atomic E-state index is -0.929. The number of ketones is 1. The summed E-state index contributed by atoms with van der Waals surface area (Å²) in [5.74, 6) is -1.24. The second kappa shape index (κ2) is 8.03. The summed E-state index contributed by atoms with van der Waals surface area (Å²) in [7, 11) is 1.56. The predicted octanol–water partition coefficient (Wildman–Crippen LogP) is 4.03. The number of nitrogens with zero attached hydrogens (tertiary/aromatic N) is 3. The van der Waals surface area contributed by atoms with Crippen LogP contribution in [0.1, 0.15) is 17.2 Å². The fourth-order valence-corrected chi connectivity index (χ4v) is 4.81. The van der Waals surface area contributed by atoms with Gasteiger partial charge in [0.1, 0.15) is 17.3 Å². The Morgan fingerprint density at radius 1 is 1.06 bits per heavy atom. The molecule has 1 fully saturated rings. The van der Waals surface area contributed by atoms with Gasteiger partial charge in [0.15, 0.2) is 5.13 Å². The standard InChI is InChI=1S/C24H17N3O5S/c1-32-16-6-7-17-18(12-16)33-24(26-17)27-20(13-2-4-15(28)5-3-13)19(22(30)23(27)31)21(29)14-8-10-25-11-9-14/h2-12,20,28-29H,1H3/b21-19+. The summed E-state index contributed by atoms with van der Waals surface area (Å²) < 4.78 is 6.05. The Morgan fingerprint density at radius 3 is 2.48 bits per heavy atom. The number of aliphatic hydroxyl groups excluding tert-OH is 1. The van der Waals surface area contributed by atoms with E-state index in [4.69, 9.17) is 4.74 Å². The Balaban J connectivity index is 1.72. The van der Waals surface area contributed by atoms with Crippen molar-refractivity contribution in [3.8, 4) is 11.5 Å². The molecule has 2 aromatic heterocycles. The molecule has 1 aliphatic rings. The van der Waals surface area contributed by atoms with Crippen LogP contribution < -0.4 is 9.64 Å². The molecule has 2 N–H and O–H groups in total. The highest BCUT2D eigenvalue weighted by Crippen LogP contribution is 2.44. The highest BCUT2D eigenvalue weighted by Gasteiger charge is 2.48. The maximum absolute atomic E-state index is 13.2. The highest BCUT2D eigenvalue weighted by molar-refractivity contribution is 7.22. The molecule has 0 aliphatic carbocycles. The zero-order valence-corrected chi connectivity index (χ0v) is 18.1. The number of fused-ring (bicyclic) bond motifs is 1. The average molecular weight is 459 g/mol. The molecule has 33 heavy (non-hydrogen) atoms. The van der Waals surface area contributed by atoms with Gasteiger partial charge >= 0.3 is 5.91 Å². The number of pyridine rings is 1. The second-order valence-corrected chi connectivity index (χ2v) is 8.34. The molecular weight excluding hydrogens is 442 g/mol. The molecule has 1 unspecified atom stereocenters. The number of rotatable bonds is 4. The number of Topliss-reactive ketones (excluding diaryl/α,β-unsaturated/α-hetero) is 1. The van der Waals surface area contributed by atoms with Gasteiger partial charge in [0, 0.05) is 18.0 Å². The first-order chi connectivity index (χ1) is 16.0. The van der Waals surface area contributed by atoms with Crippen molar-refractivity contribution in [2.24, 2.45) is 0 Å². The monoisotopic (exact) mass is 459 g/mol. The number of methoxy groups -OCH3 is 1. The number of anilines is 1. The van der Waals surface area contributed by atoms with Crippen molar-refractivity contribution in [3.63, 3.8) is 0 Å². The minimum absolute atomic E-state index is 0.0388. The first kappa shape index (κ1) is 20.7. The molecule has 4 aromatic rings. The van der Waals surface area contributed by atoms with Crippen LogP contribution in [0.15, 0.2) is 72.6 Å². The van der Waals surface area contributed by atoms with Crippen molar-refractivity contribution in [2.75, 3.05) is 12.0 Å². The number of aliphatic hydroxyl groups is 1. The zero-order chi connectivity index (χ0) is 23.1. The molecule has 1 saturated heterocycles. The number of hydrogen-bond donors (Lipinski definition) is 2. The molecule has 8 nitrogen and oxygen atoms in total. The Kier molecular flexibility index (Phi) is 5.02. The fraction of sp³-hybridized carbons (Fsp3) is 0.0833. The van der Waals surface area contributed by atoms with E-state index in [1.807, 2.05) is 0 Å². The normalized spacial score (nSPS) is 17.6. The van der Waals surface area contributed by atoms with Crippen LogP contribution in [0.5, 0.6) is 11.5 Å². The van der Waals surface area contributed by atoms with Crippen molar-refractivity contribution in [3.05, 3.63) is 83.7 Å². The minimum Gasteiger partial charge on any atom is -0.508 e. The number of carbonyl (C=O) groups excluding carboxylic acids is 2. The van der Waals surface area contributed by atoms with Crippen LogP contribution in [0.3, 0.4) is 0 Å². The number of amides is 1. The van der Waals surface area contributed by atoms with E-state index in [9.17, 15) is 19.8 Å². The van der Waals surface area contributed by atoms with Crippen molar-refractivity contribution in [2.45, 2.75) is 6.04 Å². The van der Waals surface area contributed by atoms with Gasteiger partial charge in [-0.1, -0.05) is 23.5 Å². The third-order valence-corrected chi connectivity index (χ3v) is 6.41. The number of benzene rings is 2. The van der Waals surface area contributed by atoms with Crippen molar-refractivity contribution in [1.82, 2.24) is 9.97 Å². The van der Waals surface area contributed by atoms with Gasteiger partial charge in [-0.3, -0.25) is 19.5 Å². The van der Waals surface area contributed by atoms with Gasteiger partial charge in [-0.05, 0) is 48.0 Å². The molecule has 0 bridgehead atoms. The van der Waals surface area contributed by atoms with E-state index in [0.717, 1.165) is 4.70 Å². The van der Waals surface area contributed by atoms with Crippen molar-refractivity contribution in [1.29, 1.82) is 0 Å². The van der Waals surface area contributed by atoms with Gasteiger partial charge < -0.3 is 14.9 Å². The van der Waals surface area contributed by atoms with Gasteiger partial charge in [0.25, 0.3) is 5.78 Å². The number of aromatic nitrogens is 2. The Hall–Kier alpha value is -4.24. The molecule has 5 rings (SSSR count).